The quantitative estimate of drug-likeness (QED) is 0.838. The Morgan fingerprint density at radius 1 is 1.17 bits per heavy atom. The second kappa shape index (κ2) is 4.88. The Morgan fingerprint density at radius 2 is 1.72 bits per heavy atom. The van der Waals surface area contributed by atoms with Gasteiger partial charge in [0.2, 0.25) is 0 Å². The van der Waals surface area contributed by atoms with Crippen molar-refractivity contribution in [2.45, 2.75) is 13.8 Å². The van der Waals surface area contributed by atoms with Gasteiger partial charge in [-0.05, 0) is 26.0 Å². The van der Waals surface area contributed by atoms with Gasteiger partial charge in [-0.25, -0.2) is 15.2 Å². The smallest absolute Gasteiger partial charge is 0.412 e. The van der Waals surface area contributed by atoms with Crippen LogP contribution < -0.4 is 10.4 Å². The Hall–Kier alpha value is -1.10. The molecule has 4 nitrogen and oxygen atoms in total. The number of hydrogen-bond acceptors (Lipinski definition) is 3. The molecule has 2 rings (SSSR count). The van der Waals surface area contributed by atoms with Crippen LogP contribution in [-0.4, -0.2) is 6.09 Å². The number of carbonyl (C=O) groups excluding carboxylic acids is 1. The van der Waals surface area contributed by atoms with Gasteiger partial charge in [-0.3, -0.25) is 0 Å². The van der Waals surface area contributed by atoms with Crippen molar-refractivity contribution in [3.63, 3.8) is 0 Å². The molecule has 1 aliphatic heterocycles. The van der Waals surface area contributed by atoms with Gasteiger partial charge in [0.25, 0.3) is 0 Å². The zero-order valence-corrected chi connectivity index (χ0v) is 11.8. The molecule has 0 saturated carbocycles. The summed E-state index contributed by atoms with van der Waals surface area (Å²) in [6.07, 6.45) is -0.597. The number of benzene rings is 1. The van der Waals surface area contributed by atoms with E-state index < -0.39 is 6.09 Å². The summed E-state index contributed by atoms with van der Waals surface area (Å²) in [7, 11) is 0. The van der Waals surface area contributed by atoms with Gasteiger partial charge < -0.3 is 4.74 Å². The van der Waals surface area contributed by atoms with Crippen LogP contribution in [0.1, 0.15) is 13.8 Å². The molecule has 0 radical (unpaired) electrons. The molecule has 0 aliphatic carbocycles. The first-order valence-electron chi connectivity index (χ1n) is 5.00. The number of carbonyl (C=O) groups is 1. The SMILES string of the molecule is CC1=C(C)N(c2c(Cl)cc(Cl)cc2Cl)NC(=O)O1. The first-order valence-corrected chi connectivity index (χ1v) is 6.14. The summed E-state index contributed by atoms with van der Waals surface area (Å²) in [6, 6.07) is 3.10. The van der Waals surface area contributed by atoms with Crippen molar-refractivity contribution in [2.24, 2.45) is 0 Å². The molecule has 1 heterocycles. The van der Waals surface area contributed by atoms with Crippen LogP contribution in [0.15, 0.2) is 23.6 Å². The van der Waals surface area contributed by atoms with E-state index in [1.165, 1.54) is 5.01 Å². The molecule has 18 heavy (non-hydrogen) atoms. The number of hydrogen-bond donors (Lipinski definition) is 1. The molecular formula is C11H9Cl3N2O2. The predicted octanol–water partition coefficient (Wildman–Crippen LogP) is 4.36. The molecule has 0 bridgehead atoms. The van der Waals surface area contributed by atoms with Crippen LogP contribution in [0.2, 0.25) is 15.1 Å². The minimum absolute atomic E-state index is 0.335. The minimum atomic E-state index is -0.597. The molecule has 0 atom stereocenters. The lowest BCUT2D eigenvalue weighted by atomic mass is 10.2. The fourth-order valence-electron chi connectivity index (χ4n) is 1.54. The molecule has 1 aromatic rings. The third-order valence-corrected chi connectivity index (χ3v) is 3.29. The highest BCUT2D eigenvalue weighted by molar-refractivity contribution is 6.41. The molecule has 96 valence electrons. The summed E-state index contributed by atoms with van der Waals surface area (Å²) < 4.78 is 4.93. The molecule has 1 N–H and O–H groups in total. The molecule has 0 unspecified atom stereocenters. The Kier molecular flexibility index (Phi) is 3.61. The largest absolute Gasteiger partial charge is 0.431 e. The van der Waals surface area contributed by atoms with Crippen molar-refractivity contribution in [3.8, 4) is 0 Å². The first kappa shape index (κ1) is 13.3. The van der Waals surface area contributed by atoms with Crippen LogP contribution in [0.5, 0.6) is 0 Å². The molecule has 0 fully saturated rings. The number of hydrazine groups is 1. The summed E-state index contributed by atoms with van der Waals surface area (Å²) in [4.78, 5) is 11.4. The van der Waals surface area contributed by atoms with Crippen molar-refractivity contribution in [1.82, 2.24) is 5.43 Å². The third-order valence-electron chi connectivity index (χ3n) is 2.50. The van der Waals surface area contributed by atoms with Gasteiger partial charge in [0, 0.05) is 5.02 Å². The summed E-state index contributed by atoms with van der Waals surface area (Å²) >= 11 is 18.1. The van der Waals surface area contributed by atoms with E-state index in [4.69, 9.17) is 39.5 Å². The highest BCUT2D eigenvalue weighted by Crippen LogP contribution is 2.38. The van der Waals surface area contributed by atoms with Gasteiger partial charge in [-0.15, -0.1) is 0 Å². The Labute approximate surface area is 119 Å². The van der Waals surface area contributed by atoms with Gasteiger partial charge in [-0.1, -0.05) is 34.8 Å². The maximum Gasteiger partial charge on any atom is 0.431 e. The van der Waals surface area contributed by atoms with E-state index in [0.717, 1.165) is 0 Å². The predicted molar refractivity (Wildman–Crippen MR) is 71.9 cm³/mol. The number of rotatable bonds is 1. The zero-order valence-electron chi connectivity index (χ0n) is 9.55. The average Bonchev–Trinajstić information content (AvgIpc) is 2.23. The Morgan fingerprint density at radius 3 is 2.28 bits per heavy atom. The van der Waals surface area contributed by atoms with Gasteiger partial charge in [-0.2, -0.15) is 0 Å². The number of nitrogens with zero attached hydrogens (tertiary/aromatic N) is 1. The van der Waals surface area contributed by atoms with E-state index >= 15 is 0 Å². The molecule has 1 aliphatic rings. The van der Waals surface area contributed by atoms with Crippen LogP contribution in [0.4, 0.5) is 10.5 Å². The van der Waals surface area contributed by atoms with E-state index in [1.54, 1.807) is 26.0 Å². The van der Waals surface area contributed by atoms with E-state index in [9.17, 15) is 4.79 Å². The Bertz CT molecular complexity index is 534. The number of halogens is 3. The third kappa shape index (κ3) is 2.36. The summed E-state index contributed by atoms with van der Waals surface area (Å²) in [5, 5.41) is 2.57. The van der Waals surface area contributed by atoms with Crippen molar-refractivity contribution >= 4 is 46.6 Å². The molecule has 0 saturated heterocycles. The number of amides is 1. The van der Waals surface area contributed by atoms with Crippen molar-refractivity contribution in [3.05, 3.63) is 38.7 Å². The standard InChI is InChI=1S/C11H9Cl3N2O2/c1-5-6(2)18-11(17)15-16(5)10-8(13)3-7(12)4-9(10)14/h3-4H,1-2H3,(H,15,17). The minimum Gasteiger partial charge on any atom is -0.412 e. The summed E-state index contributed by atoms with van der Waals surface area (Å²) in [5.74, 6) is 0.473. The fourth-order valence-corrected chi connectivity index (χ4v) is 2.53. The van der Waals surface area contributed by atoms with Gasteiger partial charge >= 0.3 is 6.09 Å². The highest BCUT2D eigenvalue weighted by atomic mass is 35.5. The number of nitrogens with one attached hydrogen (secondary N) is 1. The van der Waals surface area contributed by atoms with Crippen LogP contribution in [0, 0.1) is 0 Å². The van der Waals surface area contributed by atoms with E-state index in [-0.39, 0.29) is 0 Å². The molecule has 7 heteroatoms. The first-order chi connectivity index (χ1) is 8.40. The monoisotopic (exact) mass is 306 g/mol. The normalized spacial score (nSPS) is 15.6. The number of cyclic esters (lactones) is 1. The lowest BCUT2D eigenvalue weighted by Crippen LogP contribution is -2.45. The zero-order chi connectivity index (χ0) is 13.4. The van der Waals surface area contributed by atoms with Crippen LogP contribution in [-0.2, 0) is 4.74 Å². The maximum atomic E-state index is 11.4. The fraction of sp³-hybridized carbons (Fsp3) is 0.182. The number of anilines is 1. The molecular weight excluding hydrogens is 298 g/mol. The molecule has 0 aromatic heterocycles. The average molecular weight is 308 g/mol. The lowest BCUT2D eigenvalue weighted by molar-refractivity contribution is 0.168. The summed E-state index contributed by atoms with van der Waals surface area (Å²) in [5.41, 5.74) is 3.65. The number of allylic oxidation sites excluding steroid dienone is 2. The van der Waals surface area contributed by atoms with Crippen molar-refractivity contribution in [2.75, 3.05) is 5.01 Å². The second-order valence-corrected chi connectivity index (χ2v) is 4.95. The van der Waals surface area contributed by atoms with Gasteiger partial charge in [0.15, 0.2) is 0 Å². The Balaban J connectivity index is 2.55. The van der Waals surface area contributed by atoms with E-state index in [0.29, 0.717) is 32.2 Å². The topological polar surface area (TPSA) is 41.6 Å². The molecule has 1 aromatic carbocycles. The lowest BCUT2D eigenvalue weighted by Gasteiger charge is -2.31. The molecule has 1 amide bonds. The van der Waals surface area contributed by atoms with Crippen LogP contribution >= 0.6 is 34.8 Å². The second-order valence-electron chi connectivity index (χ2n) is 3.70. The van der Waals surface area contributed by atoms with E-state index in [1.807, 2.05) is 0 Å². The van der Waals surface area contributed by atoms with E-state index in [2.05, 4.69) is 5.43 Å². The number of ether oxygens (including phenoxy) is 1. The maximum absolute atomic E-state index is 11.4. The van der Waals surface area contributed by atoms with Crippen LogP contribution in [0.3, 0.4) is 0 Å². The van der Waals surface area contributed by atoms with Crippen LogP contribution in [0.25, 0.3) is 0 Å². The molecule has 0 spiro atoms. The van der Waals surface area contributed by atoms with Crippen molar-refractivity contribution < 1.29 is 9.53 Å². The van der Waals surface area contributed by atoms with Gasteiger partial charge in [0.1, 0.15) is 11.4 Å². The van der Waals surface area contributed by atoms with Crippen molar-refractivity contribution in [1.29, 1.82) is 0 Å². The van der Waals surface area contributed by atoms with Gasteiger partial charge in [0.05, 0.1) is 15.7 Å². The summed E-state index contributed by atoms with van der Waals surface area (Å²) in [6.45, 7) is 3.45. The highest BCUT2D eigenvalue weighted by Gasteiger charge is 2.26.